The monoisotopic (exact) mass is 535 g/mol. The summed E-state index contributed by atoms with van der Waals surface area (Å²) in [5.41, 5.74) is 6.10. The van der Waals surface area contributed by atoms with Gasteiger partial charge in [0, 0.05) is 30.0 Å². The normalized spacial score (nSPS) is 12.5. The molecule has 40 heavy (non-hydrogen) atoms. The molecular formula is C33H30FN3O3. The Labute approximate surface area is 231 Å². The van der Waals surface area contributed by atoms with Crippen molar-refractivity contribution in [1.29, 1.82) is 0 Å². The molecule has 0 radical (unpaired) electrons. The van der Waals surface area contributed by atoms with Crippen molar-refractivity contribution in [2.24, 2.45) is 4.99 Å². The fraction of sp³-hybridized carbons (Fsp3) is 0.152. The van der Waals surface area contributed by atoms with E-state index < -0.39 is 11.8 Å². The van der Waals surface area contributed by atoms with Gasteiger partial charge in [-0.1, -0.05) is 66.7 Å². The second-order valence-electron chi connectivity index (χ2n) is 9.77. The van der Waals surface area contributed by atoms with E-state index in [1.54, 1.807) is 6.07 Å². The number of aromatic nitrogens is 1. The minimum Gasteiger partial charge on any atom is -0.494 e. The number of rotatable bonds is 10. The molecule has 1 atom stereocenters. The maximum absolute atomic E-state index is 13.9. The molecule has 7 heteroatoms. The molecule has 4 aromatic carbocycles. The minimum absolute atomic E-state index is 0.0417. The molecule has 0 amide bonds. The molecule has 1 heterocycles. The third-order valence-corrected chi connectivity index (χ3v) is 6.92. The number of aryl methyl sites for hydroxylation is 1. The Morgan fingerprint density at radius 1 is 0.950 bits per heavy atom. The Kier molecular flexibility index (Phi) is 8.03. The summed E-state index contributed by atoms with van der Waals surface area (Å²) in [7, 11) is 0. The van der Waals surface area contributed by atoms with Crippen molar-refractivity contribution >= 4 is 28.3 Å². The van der Waals surface area contributed by atoms with Crippen LogP contribution in [-0.4, -0.2) is 26.9 Å². The number of aliphatic imine (C=N–C) groups is 1. The molecule has 5 rings (SSSR count). The summed E-state index contributed by atoms with van der Waals surface area (Å²) < 4.78 is 13.9. The molecule has 0 spiro atoms. The summed E-state index contributed by atoms with van der Waals surface area (Å²) in [5, 5.41) is 24.1. The molecule has 1 aromatic heterocycles. The number of benzene rings is 4. The lowest BCUT2D eigenvalue weighted by atomic mass is 9.98. The second-order valence-corrected chi connectivity index (χ2v) is 9.77. The first-order valence-electron chi connectivity index (χ1n) is 13.1. The van der Waals surface area contributed by atoms with Crippen molar-refractivity contribution in [1.82, 2.24) is 10.3 Å². The van der Waals surface area contributed by atoms with Gasteiger partial charge in [0.2, 0.25) is 0 Å². The Bertz CT molecular complexity index is 1640. The average molecular weight is 536 g/mol. The zero-order valence-electron chi connectivity index (χ0n) is 22.1. The Morgan fingerprint density at radius 3 is 2.38 bits per heavy atom. The number of carboxylic acid groups (broad SMARTS) is 1. The van der Waals surface area contributed by atoms with E-state index in [9.17, 15) is 14.3 Å². The van der Waals surface area contributed by atoms with E-state index in [1.807, 2.05) is 66.7 Å². The number of halogens is 1. The highest BCUT2D eigenvalue weighted by Crippen LogP contribution is 2.32. The minimum atomic E-state index is -0.852. The third kappa shape index (κ3) is 6.27. The standard InChI is InChI=1S/C33H30FN3O3/c1-21(35-20-23-5-3-2-4-6-23)24-12-15-27(16-13-24)36-32(25-10-7-22(8-11-25)9-18-30(38)39)31-28-17-14-26(34)19-29(28)37-33(31)40/h2-8,10-17,19,21,35,37,40H,9,18,20H2,1H3,(H,38,39). The lowest BCUT2D eigenvalue weighted by Gasteiger charge is -2.15. The molecule has 4 N–H and O–H groups in total. The summed E-state index contributed by atoms with van der Waals surface area (Å²) in [4.78, 5) is 18.8. The lowest BCUT2D eigenvalue weighted by Crippen LogP contribution is -2.17. The van der Waals surface area contributed by atoms with Crippen LogP contribution >= 0.6 is 0 Å². The van der Waals surface area contributed by atoms with Crippen LogP contribution in [-0.2, 0) is 17.8 Å². The van der Waals surface area contributed by atoms with Crippen LogP contribution in [0.15, 0.2) is 102 Å². The number of aromatic amines is 1. The number of nitrogens with zero attached hydrogens (tertiary/aromatic N) is 1. The van der Waals surface area contributed by atoms with E-state index in [2.05, 4.69) is 29.4 Å². The van der Waals surface area contributed by atoms with Gasteiger partial charge in [0.05, 0.1) is 22.5 Å². The molecule has 1 unspecified atom stereocenters. The summed E-state index contributed by atoms with van der Waals surface area (Å²) in [6, 6.07) is 30.0. The van der Waals surface area contributed by atoms with E-state index in [-0.39, 0.29) is 18.3 Å². The number of hydrogen-bond donors (Lipinski definition) is 4. The van der Waals surface area contributed by atoms with Crippen molar-refractivity contribution in [3.05, 3.63) is 131 Å². The average Bonchev–Trinajstić information content (AvgIpc) is 3.29. The Morgan fingerprint density at radius 2 is 1.68 bits per heavy atom. The van der Waals surface area contributed by atoms with Gasteiger partial charge in [0.1, 0.15) is 5.82 Å². The molecule has 0 saturated carbocycles. The van der Waals surface area contributed by atoms with E-state index in [0.29, 0.717) is 34.3 Å². The Balaban J connectivity index is 1.47. The van der Waals surface area contributed by atoms with Crippen molar-refractivity contribution < 1.29 is 19.4 Å². The molecule has 0 saturated heterocycles. The first-order chi connectivity index (χ1) is 19.4. The van der Waals surface area contributed by atoms with Gasteiger partial charge in [-0.05, 0) is 60.4 Å². The number of carboxylic acids is 1. The largest absolute Gasteiger partial charge is 0.494 e. The SMILES string of the molecule is CC(NCc1ccccc1)c1ccc(N=C(c2ccc(CCC(=O)O)cc2)c2c(O)[nH]c3cc(F)ccc23)cc1. The van der Waals surface area contributed by atoms with Crippen molar-refractivity contribution in [3.63, 3.8) is 0 Å². The molecule has 0 aliphatic carbocycles. The topological polar surface area (TPSA) is 97.7 Å². The van der Waals surface area contributed by atoms with Gasteiger partial charge in [0.15, 0.2) is 5.88 Å². The van der Waals surface area contributed by atoms with Crippen molar-refractivity contribution in [2.75, 3.05) is 0 Å². The van der Waals surface area contributed by atoms with Crippen LogP contribution in [0.5, 0.6) is 5.88 Å². The quantitative estimate of drug-likeness (QED) is 0.144. The summed E-state index contributed by atoms with van der Waals surface area (Å²) in [5.74, 6) is -1.37. The van der Waals surface area contributed by atoms with E-state index in [0.717, 1.165) is 23.2 Å². The first-order valence-corrected chi connectivity index (χ1v) is 13.1. The number of aliphatic carboxylic acids is 1. The van der Waals surface area contributed by atoms with E-state index >= 15 is 0 Å². The molecule has 202 valence electrons. The summed E-state index contributed by atoms with van der Waals surface area (Å²) in [6.45, 7) is 2.87. The van der Waals surface area contributed by atoms with Crippen LogP contribution in [0.3, 0.4) is 0 Å². The van der Waals surface area contributed by atoms with Crippen LogP contribution in [0, 0.1) is 5.82 Å². The number of hydrogen-bond acceptors (Lipinski definition) is 4. The van der Waals surface area contributed by atoms with Crippen molar-refractivity contribution in [3.8, 4) is 5.88 Å². The maximum atomic E-state index is 13.9. The smallest absolute Gasteiger partial charge is 0.303 e. The van der Waals surface area contributed by atoms with Gasteiger partial charge in [-0.2, -0.15) is 0 Å². The van der Waals surface area contributed by atoms with Crippen LogP contribution in [0.2, 0.25) is 0 Å². The van der Waals surface area contributed by atoms with Gasteiger partial charge < -0.3 is 20.5 Å². The predicted octanol–water partition coefficient (Wildman–Crippen LogP) is 7.05. The van der Waals surface area contributed by atoms with E-state index in [4.69, 9.17) is 10.1 Å². The van der Waals surface area contributed by atoms with Gasteiger partial charge >= 0.3 is 5.97 Å². The number of nitrogens with one attached hydrogen (secondary N) is 2. The summed E-state index contributed by atoms with van der Waals surface area (Å²) >= 11 is 0. The highest BCUT2D eigenvalue weighted by molar-refractivity contribution is 6.21. The predicted molar refractivity (Wildman–Crippen MR) is 156 cm³/mol. The van der Waals surface area contributed by atoms with Crippen LogP contribution in [0.25, 0.3) is 10.9 Å². The van der Waals surface area contributed by atoms with E-state index in [1.165, 1.54) is 17.7 Å². The molecule has 5 aromatic rings. The number of aromatic hydroxyl groups is 1. The number of carbonyl (C=O) groups is 1. The van der Waals surface area contributed by atoms with Crippen LogP contribution in [0.1, 0.15) is 47.2 Å². The number of H-pyrrole nitrogens is 1. The Hall–Kier alpha value is -4.75. The second kappa shape index (κ2) is 12.0. The number of fused-ring (bicyclic) bond motifs is 1. The van der Waals surface area contributed by atoms with Gasteiger partial charge in [0.25, 0.3) is 0 Å². The molecule has 6 nitrogen and oxygen atoms in total. The molecule has 0 aliphatic rings. The fourth-order valence-corrected chi connectivity index (χ4v) is 4.69. The van der Waals surface area contributed by atoms with Gasteiger partial charge in [-0.25, -0.2) is 9.38 Å². The third-order valence-electron chi connectivity index (χ3n) is 6.92. The maximum Gasteiger partial charge on any atom is 0.303 e. The lowest BCUT2D eigenvalue weighted by molar-refractivity contribution is -0.136. The fourth-order valence-electron chi connectivity index (χ4n) is 4.69. The zero-order valence-corrected chi connectivity index (χ0v) is 22.1. The van der Waals surface area contributed by atoms with Gasteiger partial charge in [-0.3, -0.25) is 4.79 Å². The highest BCUT2D eigenvalue weighted by Gasteiger charge is 2.19. The van der Waals surface area contributed by atoms with Crippen molar-refractivity contribution in [2.45, 2.75) is 32.4 Å². The molecule has 0 bridgehead atoms. The van der Waals surface area contributed by atoms with Gasteiger partial charge in [-0.15, -0.1) is 0 Å². The highest BCUT2D eigenvalue weighted by atomic mass is 19.1. The zero-order chi connectivity index (χ0) is 28.1. The first kappa shape index (κ1) is 26.8. The van der Waals surface area contributed by atoms with Crippen LogP contribution < -0.4 is 5.32 Å². The van der Waals surface area contributed by atoms with Crippen LogP contribution in [0.4, 0.5) is 10.1 Å². The molecular weight excluding hydrogens is 505 g/mol. The molecule has 0 fully saturated rings. The summed E-state index contributed by atoms with van der Waals surface area (Å²) in [6.07, 6.45) is 0.456. The molecule has 0 aliphatic heterocycles.